The van der Waals surface area contributed by atoms with Crippen molar-refractivity contribution in [3.63, 3.8) is 0 Å². The lowest BCUT2D eigenvalue weighted by molar-refractivity contribution is -0.127. The van der Waals surface area contributed by atoms with Gasteiger partial charge in [-0.05, 0) is 62.1 Å². The van der Waals surface area contributed by atoms with Crippen LogP contribution in [0.15, 0.2) is 52.9 Å². The predicted molar refractivity (Wildman–Crippen MR) is 155 cm³/mol. The molecule has 2 aliphatic carbocycles. The Morgan fingerprint density at radius 3 is 2.33 bits per heavy atom. The Morgan fingerprint density at radius 2 is 1.70 bits per heavy atom. The largest absolute Gasteiger partial charge is 0.440 e. The first-order valence-electron chi connectivity index (χ1n) is 14.5. The van der Waals surface area contributed by atoms with Gasteiger partial charge in [0.15, 0.2) is 9.84 Å². The zero-order valence-corrected chi connectivity index (χ0v) is 24.3. The summed E-state index contributed by atoms with van der Waals surface area (Å²) in [6.07, 6.45) is 4.45. The molecule has 9 nitrogen and oxygen atoms in total. The van der Waals surface area contributed by atoms with Gasteiger partial charge in [-0.25, -0.2) is 13.4 Å². The molecule has 2 aromatic carbocycles. The highest BCUT2D eigenvalue weighted by Crippen LogP contribution is 2.45. The van der Waals surface area contributed by atoms with Crippen LogP contribution in [0, 0.1) is 17.2 Å². The summed E-state index contributed by atoms with van der Waals surface area (Å²) >= 11 is 0. The predicted octanol–water partition coefficient (Wildman–Crippen LogP) is 5.29. The molecule has 1 N–H and O–H groups in total. The number of halogens is 2. The fraction of sp³-hybridized carbons (Fsp3) is 0.452. The molecule has 0 spiro atoms. The molecule has 3 aromatic rings. The zero-order valence-electron chi connectivity index (χ0n) is 23.5. The van der Waals surface area contributed by atoms with E-state index in [1.54, 1.807) is 12.1 Å². The van der Waals surface area contributed by atoms with Gasteiger partial charge in [-0.3, -0.25) is 4.79 Å². The van der Waals surface area contributed by atoms with Crippen molar-refractivity contribution in [2.45, 2.75) is 56.6 Å². The molecule has 0 unspecified atom stereocenters. The Morgan fingerprint density at radius 1 is 1.05 bits per heavy atom. The molecule has 226 valence electrons. The molecule has 12 heteroatoms. The van der Waals surface area contributed by atoms with Crippen molar-refractivity contribution in [1.82, 2.24) is 10.3 Å². The summed E-state index contributed by atoms with van der Waals surface area (Å²) in [5.74, 6) is 0.290. The van der Waals surface area contributed by atoms with Gasteiger partial charge in [-0.15, -0.1) is 0 Å². The number of ether oxygens (including phenoxy) is 1. The van der Waals surface area contributed by atoms with E-state index in [0.717, 1.165) is 24.1 Å². The molecular formula is C31H32F2N4O5S. The van der Waals surface area contributed by atoms with Crippen molar-refractivity contribution in [3.8, 4) is 34.5 Å². The van der Waals surface area contributed by atoms with E-state index in [4.69, 9.17) is 9.40 Å². The van der Waals surface area contributed by atoms with Gasteiger partial charge in [0.05, 0.1) is 17.6 Å². The van der Waals surface area contributed by atoms with Crippen molar-refractivity contribution >= 4 is 21.4 Å². The number of hydrogen-bond donors (Lipinski definition) is 1. The first-order valence-corrected chi connectivity index (χ1v) is 16.3. The average molecular weight is 611 g/mol. The van der Waals surface area contributed by atoms with Crippen LogP contribution in [-0.2, 0) is 14.6 Å². The topological polar surface area (TPSA) is 126 Å². The molecule has 6 rings (SSSR count). The number of benzene rings is 2. The summed E-state index contributed by atoms with van der Waals surface area (Å²) in [7, 11) is -3.01. The molecule has 1 aliphatic heterocycles. The lowest BCUT2D eigenvalue weighted by Crippen LogP contribution is -2.42. The third kappa shape index (κ3) is 6.37. The van der Waals surface area contributed by atoms with E-state index >= 15 is 0 Å². The highest BCUT2D eigenvalue weighted by molar-refractivity contribution is 7.91. The van der Waals surface area contributed by atoms with Gasteiger partial charge in [-0.1, -0.05) is 25.0 Å². The van der Waals surface area contributed by atoms with Gasteiger partial charge in [0.1, 0.15) is 22.7 Å². The van der Waals surface area contributed by atoms with Crippen molar-refractivity contribution in [2.24, 2.45) is 5.92 Å². The Kier molecular flexibility index (Phi) is 7.85. The molecular weight excluding hydrogens is 578 g/mol. The zero-order chi connectivity index (χ0) is 30.2. The maximum Gasteiger partial charge on any atom is 0.387 e. The maximum atomic E-state index is 13.5. The Labute approximate surface area is 248 Å². The minimum absolute atomic E-state index is 0.0161. The number of nitriles is 1. The van der Waals surface area contributed by atoms with E-state index in [0.29, 0.717) is 61.7 Å². The van der Waals surface area contributed by atoms with E-state index in [9.17, 15) is 27.3 Å². The lowest BCUT2D eigenvalue weighted by Gasteiger charge is -2.30. The number of nitrogens with one attached hydrogen (secondary N) is 1. The molecule has 0 radical (unpaired) electrons. The lowest BCUT2D eigenvalue weighted by atomic mass is 9.76. The highest BCUT2D eigenvalue weighted by Gasteiger charge is 2.47. The number of amides is 1. The van der Waals surface area contributed by atoms with E-state index in [2.05, 4.69) is 16.1 Å². The summed E-state index contributed by atoms with van der Waals surface area (Å²) < 4.78 is 60.0. The van der Waals surface area contributed by atoms with E-state index in [1.165, 1.54) is 12.1 Å². The summed E-state index contributed by atoms with van der Waals surface area (Å²) in [4.78, 5) is 20.3. The van der Waals surface area contributed by atoms with E-state index < -0.39 is 27.9 Å². The molecule has 43 heavy (non-hydrogen) atoms. The molecule has 1 aromatic heterocycles. The van der Waals surface area contributed by atoms with Gasteiger partial charge < -0.3 is 19.4 Å². The Hall–Kier alpha value is -3.98. The van der Waals surface area contributed by atoms with Crippen LogP contribution in [0.4, 0.5) is 14.5 Å². The van der Waals surface area contributed by atoms with Crippen LogP contribution in [0.25, 0.3) is 22.7 Å². The second-order valence-corrected chi connectivity index (χ2v) is 13.8. The molecule has 0 bridgehead atoms. The summed E-state index contributed by atoms with van der Waals surface area (Å²) in [5.41, 5.74) is 2.05. The normalized spacial score (nSPS) is 22.5. The number of carbonyl (C=O) groups excluding carboxylic acids is 1. The summed E-state index contributed by atoms with van der Waals surface area (Å²) in [5, 5.41) is 12.5. The number of sulfone groups is 1. The third-order valence-electron chi connectivity index (χ3n) is 8.60. The van der Waals surface area contributed by atoms with Gasteiger partial charge in [-0.2, -0.15) is 14.0 Å². The molecule has 2 heterocycles. The van der Waals surface area contributed by atoms with Gasteiger partial charge >= 0.3 is 6.61 Å². The van der Waals surface area contributed by atoms with Gasteiger partial charge in [0.25, 0.3) is 0 Å². The highest BCUT2D eigenvalue weighted by atomic mass is 32.2. The molecule has 3 fully saturated rings. The quantitative estimate of drug-likeness (QED) is 0.365. The molecule has 3 aliphatic rings. The molecule has 1 saturated heterocycles. The standard InChI is InChI=1S/C31H32F2N4O5S/c32-30(33)41-23-11-7-21(8-12-23)29-35-26(20-5-9-22(10-6-20)37-15-17-43(39,40)18-16-37)27(42-29)24-3-1-2-4-25(24)28(38)36-31(19-34)13-14-31/h5-12,24-25,30H,1-4,13-18H2,(H,36,38)/t24-,25-/m1/s1. The number of alkyl halides is 2. The smallest absolute Gasteiger partial charge is 0.387 e. The number of rotatable bonds is 8. The van der Waals surface area contributed by atoms with Crippen molar-refractivity contribution in [1.29, 1.82) is 5.26 Å². The van der Waals surface area contributed by atoms with Gasteiger partial charge in [0, 0.05) is 41.7 Å². The Bertz CT molecular complexity index is 1620. The fourth-order valence-electron chi connectivity index (χ4n) is 5.97. The van der Waals surface area contributed by atoms with E-state index in [-0.39, 0.29) is 29.1 Å². The Balaban J connectivity index is 1.34. The number of aromatic nitrogens is 1. The molecule has 2 saturated carbocycles. The van der Waals surface area contributed by atoms with Crippen LogP contribution in [-0.4, -0.2) is 56.1 Å². The van der Waals surface area contributed by atoms with Crippen LogP contribution in [0.5, 0.6) is 5.75 Å². The maximum absolute atomic E-state index is 13.5. The third-order valence-corrected chi connectivity index (χ3v) is 10.2. The summed E-state index contributed by atoms with van der Waals surface area (Å²) in [6.45, 7) is -2.08. The van der Waals surface area contributed by atoms with Crippen LogP contribution in [0.3, 0.4) is 0 Å². The first-order chi connectivity index (χ1) is 20.7. The van der Waals surface area contributed by atoms with Gasteiger partial charge in [0.2, 0.25) is 11.8 Å². The van der Waals surface area contributed by atoms with Crippen LogP contribution in [0.2, 0.25) is 0 Å². The second kappa shape index (κ2) is 11.6. The minimum Gasteiger partial charge on any atom is -0.440 e. The number of carbonyl (C=O) groups is 1. The first kappa shape index (κ1) is 29.1. The van der Waals surface area contributed by atoms with Crippen LogP contribution in [0.1, 0.15) is 50.2 Å². The number of anilines is 1. The van der Waals surface area contributed by atoms with Crippen molar-refractivity contribution in [3.05, 3.63) is 54.3 Å². The van der Waals surface area contributed by atoms with Crippen LogP contribution < -0.4 is 15.0 Å². The SMILES string of the molecule is N#CC1(NC(=O)[C@@H]2CCCC[C@H]2c2oc(-c3ccc(OC(F)F)cc3)nc2-c2ccc(N3CCS(=O)(=O)CC3)cc2)CC1. The average Bonchev–Trinajstić information content (AvgIpc) is 3.64. The van der Waals surface area contributed by atoms with Crippen molar-refractivity contribution < 1.29 is 31.1 Å². The number of nitrogens with zero attached hydrogens (tertiary/aromatic N) is 3. The monoisotopic (exact) mass is 610 g/mol. The van der Waals surface area contributed by atoms with Crippen molar-refractivity contribution in [2.75, 3.05) is 29.5 Å². The van der Waals surface area contributed by atoms with E-state index in [1.807, 2.05) is 29.2 Å². The van der Waals surface area contributed by atoms with Crippen LogP contribution >= 0.6 is 0 Å². The molecule has 2 atom stereocenters. The number of hydrogen-bond acceptors (Lipinski definition) is 8. The molecule has 1 amide bonds. The number of oxazole rings is 1. The second-order valence-electron chi connectivity index (χ2n) is 11.5. The minimum atomic E-state index is -3.01. The summed E-state index contributed by atoms with van der Waals surface area (Å²) in [6, 6.07) is 16.0. The fourth-order valence-corrected chi connectivity index (χ4v) is 7.17.